The van der Waals surface area contributed by atoms with Crippen molar-refractivity contribution in [3.05, 3.63) is 71.9 Å². The van der Waals surface area contributed by atoms with Gasteiger partial charge in [-0.1, -0.05) is 48.5 Å². The van der Waals surface area contributed by atoms with Crippen LogP contribution in [0.4, 0.5) is 4.79 Å². The van der Waals surface area contributed by atoms with Crippen molar-refractivity contribution in [2.45, 2.75) is 45.8 Å². The van der Waals surface area contributed by atoms with Crippen molar-refractivity contribution in [3.63, 3.8) is 0 Å². The molecule has 1 aliphatic heterocycles. The molecule has 1 aromatic heterocycles. The number of rotatable bonds is 5. The van der Waals surface area contributed by atoms with Crippen LogP contribution in [0.3, 0.4) is 0 Å². The van der Waals surface area contributed by atoms with Crippen molar-refractivity contribution >= 4 is 22.9 Å². The molecular formula is C28H35N3O3. The minimum absolute atomic E-state index is 0.0626. The van der Waals surface area contributed by atoms with Crippen molar-refractivity contribution in [2.75, 3.05) is 26.7 Å². The van der Waals surface area contributed by atoms with Crippen LogP contribution in [0.1, 0.15) is 49.5 Å². The van der Waals surface area contributed by atoms with Gasteiger partial charge in [0.2, 0.25) is 0 Å². The maximum Gasteiger partial charge on any atom is 0.410 e. The summed E-state index contributed by atoms with van der Waals surface area (Å²) in [7, 11) is 1.77. The summed E-state index contributed by atoms with van der Waals surface area (Å²) >= 11 is 0. The molecule has 34 heavy (non-hydrogen) atoms. The second-order valence-electron chi connectivity index (χ2n) is 10.3. The number of piperidine rings is 1. The smallest absolute Gasteiger partial charge is 0.410 e. The lowest BCUT2D eigenvalue weighted by Gasteiger charge is -2.35. The molecule has 1 atom stereocenters. The summed E-state index contributed by atoms with van der Waals surface area (Å²) in [6, 6.07) is 18.4. The second kappa shape index (κ2) is 9.92. The zero-order valence-corrected chi connectivity index (χ0v) is 20.7. The SMILES string of the molecule is CN(CC1CCCN(C(=O)c2cn(Cc3ccccc3)c3ccccc23)C1)C(=O)OC(C)(C)C. The number of fused-ring (bicyclic) bond motifs is 1. The maximum absolute atomic E-state index is 13.6. The van der Waals surface area contributed by atoms with E-state index in [-0.39, 0.29) is 17.9 Å². The fourth-order valence-corrected chi connectivity index (χ4v) is 4.70. The Balaban J connectivity index is 1.49. The fraction of sp³-hybridized carbons (Fsp3) is 0.429. The maximum atomic E-state index is 13.6. The van der Waals surface area contributed by atoms with E-state index < -0.39 is 5.60 Å². The zero-order valence-electron chi connectivity index (χ0n) is 20.7. The Morgan fingerprint density at radius 2 is 1.76 bits per heavy atom. The molecule has 0 bridgehead atoms. The molecule has 0 saturated carbocycles. The number of para-hydroxylation sites is 1. The average molecular weight is 462 g/mol. The summed E-state index contributed by atoms with van der Waals surface area (Å²) in [5.74, 6) is 0.292. The molecule has 2 aromatic carbocycles. The Hall–Kier alpha value is -3.28. The molecule has 6 heteroatoms. The number of aromatic nitrogens is 1. The number of hydrogen-bond acceptors (Lipinski definition) is 3. The van der Waals surface area contributed by atoms with E-state index in [1.54, 1.807) is 11.9 Å². The summed E-state index contributed by atoms with van der Waals surface area (Å²) in [5.41, 5.74) is 2.49. The van der Waals surface area contributed by atoms with Crippen molar-refractivity contribution < 1.29 is 14.3 Å². The summed E-state index contributed by atoms with van der Waals surface area (Å²) in [6.45, 7) is 8.29. The molecule has 0 aliphatic carbocycles. The lowest BCUT2D eigenvalue weighted by molar-refractivity contribution is 0.0244. The number of carbonyl (C=O) groups excluding carboxylic acids is 2. The van der Waals surface area contributed by atoms with E-state index in [0.29, 0.717) is 13.1 Å². The lowest BCUT2D eigenvalue weighted by Crippen LogP contribution is -2.45. The van der Waals surface area contributed by atoms with E-state index in [1.807, 2.05) is 68.3 Å². The highest BCUT2D eigenvalue weighted by Crippen LogP contribution is 2.26. The summed E-state index contributed by atoms with van der Waals surface area (Å²) in [6.07, 6.45) is 3.60. The van der Waals surface area contributed by atoms with Crippen molar-refractivity contribution in [3.8, 4) is 0 Å². The number of carbonyl (C=O) groups is 2. The van der Waals surface area contributed by atoms with Gasteiger partial charge in [0.1, 0.15) is 5.60 Å². The molecule has 180 valence electrons. The number of hydrogen-bond donors (Lipinski definition) is 0. The third-order valence-electron chi connectivity index (χ3n) is 6.26. The average Bonchev–Trinajstić information content (AvgIpc) is 3.17. The molecule has 0 radical (unpaired) electrons. The van der Waals surface area contributed by atoms with E-state index in [1.165, 1.54) is 5.56 Å². The van der Waals surface area contributed by atoms with E-state index >= 15 is 0 Å². The predicted octanol–water partition coefficient (Wildman–Crippen LogP) is 5.41. The minimum atomic E-state index is -0.520. The number of amides is 2. The molecule has 1 unspecified atom stereocenters. The highest BCUT2D eigenvalue weighted by molar-refractivity contribution is 6.07. The van der Waals surface area contributed by atoms with Crippen molar-refractivity contribution in [1.29, 1.82) is 0 Å². The Bertz CT molecular complexity index is 1150. The monoisotopic (exact) mass is 461 g/mol. The molecule has 1 saturated heterocycles. The van der Waals surface area contributed by atoms with Gasteiger partial charge in [0.15, 0.2) is 0 Å². The Morgan fingerprint density at radius 3 is 2.50 bits per heavy atom. The Morgan fingerprint density at radius 1 is 1.06 bits per heavy atom. The van der Waals surface area contributed by atoms with Gasteiger partial charge in [-0.25, -0.2) is 4.79 Å². The first kappa shape index (κ1) is 23.9. The van der Waals surface area contributed by atoms with Gasteiger partial charge in [-0.2, -0.15) is 0 Å². The summed E-state index contributed by atoms with van der Waals surface area (Å²) in [4.78, 5) is 29.6. The van der Waals surface area contributed by atoms with Gasteiger partial charge in [0, 0.05) is 50.3 Å². The summed E-state index contributed by atoms with van der Waals surface area (Å²) < 4.78 is 7.65. The van der Waals surface area contributed by atoms with Gasteiger partial charge >= 0.3 is 6.09 Å². The molecular weight excluding hydrogens is 426 g/mol. The van der Waals surface area contributed by atoms with Crippen LogP contribution in [0.2, 0.25) is 0 Å². The van der Waals surface area contributed by atoms with Gasteiger partial charge in [-0.15, -0.1) is 0 Å². The van der Waals surface area contributed by atoms with Gasteiger partial charge < -0.3 is 19.1 Å². The molecule has 0 N–H and O–H groups in total. The Kier molecular flexibility index (Phi) is 6.96. The van der Waals surface area contributed by atoms with Gasteiger partial charge in [-0.3, -0.25) is 4.79 Å². The van der Waals surface area contributed by atoms with E-state index in [9.17, 15) is 9.59 Å². The molecule has 1 fully saturated rings. The molecule has 3 aromatic rings. The number of likely N-dealkylation sites (tertiary alicyclic amines) is 1. The summed E-state index contributed by atoms with van der Waals surface area (Å²) in [5, 5.41) is 0.983. The first-order valence-corrected chi connectivity index (χ1v) is 12.1. The van der Waals surface area contributed by atoms with Crippen molar-refractivity contribution in [1.82, 2.24) is 14.4 Å². The quantitative estimate of drug-likeness (QED) is 0.511. The van der Waals surface area contributed by atoms with E-state index in [2.05, 4.69) is 22.8 Å². The molecule has 1 aliphatic rings. The highest BCUT2D eigenvalue weighted by atomic mass is 16.6. The third kappa shape index (κ3) is 5.61. The van der Waals surface area contributed by atoms with Gasteiger partial charge in [-0.05, 0) is 51.2 Å². The van der Waals surface area contributed by atoms with E-state index in [0.717, 1.165) is 42.4 Å². The van der Waals surface area contributed by atoms with Gasteiger partial charge in [0.25, 0.3) is 5.91 Å². The van der Waals surface area contributed by atoms with Crippen LogP contribution in [0.25, 0.3) is 10.9 Å². The van der Waals surface area contributed by atoms with E-state index in [4.69, 9.17) is 4.74 Å². The van der Waals surface area contributed by atoms with Gasteiger partial charge in [0.05, 0.1) is 5.56 Å². The zero-order chi connectivity index (χ0) is 24.3. The number of benzene rings is 2. The molecule has 6 nitrogen and oxygen atoms in total. The number of nitrogens with zero attached hydrogens (tertiary/aromatic N) is 3. The lowest BCUT2D eigenvalue weighted by atomic mass is 9.97. The first-order chi connectivity index (χ1) is 16.2. The van der Waals surface area contributed by atoms with Crippen LogP contribution >= 0.6 is 0 Å². The standard InChI is InChI=1S/C28H35N3O3/c1-28(2,3)34-27(33)29(4)17-22-13-10-16-30(19-22)26(32)24-20-31(18-21-11-6-5-7-12-21)25-15-9-8-14-23(24)25/h5-9,11-12,14-15,20,22H,10,13,16-19H2,1-4H3. The van der Waals surface area contributed by atoms with Crippen LogP contribution in [0, 0.1) is 5.92 Å². The van der Waals surface area contributed by atoms with Crippen LogP contribution in [0.15, 0.2) is 60.8 Å². The van der Waals surface area contributed by atoms with Crippen LogP contribution in [-0.4, -0.2) is 58.7 Å². The third-order valence-corrected chi connectivity index (χ3v) is 6.26. The first-order valence-electron chi connectivity index (χ1n) is 12.1. The fourth-order valence-electron chi connectivity index (χ4n) is 4.70. The second-order valence-corrected chi connectivity index (χ2v) is 10.3. The van der Waals surface area contributed by atoms with Crippen LogP contribution in [-0.2, 0) is 11.3 Å². The molecule has 2 heterocycles. The Labute approximate surface area is 202 Å². The highest BCUT2D eigenvalue weighted by Gasteiger charge is 2.29. The predicted molar refractivity (Wildman–Crippen MR) is 135 cm³/mol. The number of ether oxygens (including phenoxy) is 1. The van der Waals surface area contributed by atoms with Crippen LogP contribution in [0.5, 0.6) is 0 Å². The topological polar surface area (TPSA) is 54.8 Å². The molecule has 0 spiro atoms. The van der Waals surface area contributed by atoms with Crippen molar-refractivity contribution in [2.24, 2.45) is 5.92 Å². The minimum Gasteiger partial charge on any atom is -0.444 e. The van der Waals surface area contributed by atoms with Crippen LogP contribution < -0.4 is 0 Å². The molecule has 4 rings (SSSR count). The molecule has 2 amide bonds. The largest absolute Gasteiger partial charge is 0.444 e. The normalized spacial score (nSPS) is 16.5.